The van der Waals surface area contributed by atoms with E-state index >= 15 is 0 Å². The van der Waals surface area contributed by atoms with Crippen LogP contribution in [-0.2, 0) is 9.53 Å². The summed E-state index contributed by atoms with van der Waals surface area (Å²) >= 11 is 1.46. The van der Waals surface area contributed by atoms with Crippen LogP contribution < -0.4 is 10.6 Å². The number of ether oxygens (including phenoxy) is 1. The maximum atomic E-state index is 11.5. The van der Waals surface area contributed by atoms with E-state index in [4.69, 9.17) is 4.74 Å². The Balaban J connectivity index is 1.56. The number of hydrogen-bond donors (Lipinski definition) is 2. The van der Waals surface area contributed by atoms with E-state index in [0.29, 0.717) is 12.3 Å². The molecule has 2 heterocycles. The van der Waals surface area contributed by atoms with E-state index in [-0.39, 0.29) is 12.0 Å². The number of nitrogens with one attached hydrogen (secondary N) is 2. The second-order valence-electron chi connectivity index (χ2n) is 3.84. The normalized spacial score (nSPS) is 24.0. The number of amidine groups is 1. The highest BCUT2D eigenvalue weighted by molar-refractivity contribution is 8.14. The van der Waals surface area contributed by atoms with Crippen molar-refractivity contribution in [3.63, 3.8) is 0 Å². The van der Waals surface area contributed by atoms with Gasteiger partial charge >= 0.3 is 0 Å². The molecule has 2 N–H and O–H groups in total. The zero-order valence-corrected chi connectivity index (χ0v) is 10.0. The lowest BCUT2D eigenvalue weighted by Gasteiger charge is -2.10. The molecular weight excluding hydrogens is 226 g/mol. The number of carbonyl (C=O) groups is 1. The Kier molecular flexibility index (Phi) is 4.47. The standard InChI is InChI=1S/C10H17N3O2S/c14-9(7-16-10-11-3-4-12-10)13-6-8-2-1-5-15-8/h8H,1-7H2,(H,11,12)(H,13,14)/t8-/m0/s1. The molecule has 5 nitrogen and oxygen atoms in total. The van der Waals surface area contributed by atoms with E-state index in [1.54, 1.807) is 0 Å². The predicted octanol–water partition coefficient (Wildman–Crippen LogP) is -0.0260. The lowest BCUT2D eigenvalue weighted by atomic mass is 10.2. The fourth-order valence-electron chi connectivity index (χ4n) is 1.69. The van der Waals surface area contributed by atoms with Gasteiger partial charge in [-0.1, -0.05) is 11.8 Å². The largest absolute Gasteiger partial charge is 0.376 e. The van der Waals surface area contributed by atoms with Gasteiger partial charge in [0.15, 0.2) is 5.17 Å². The summed E-state index contributed by atoms with van der Waals surface area (Å²) in [4.78, 5) is 15.7. The highest BCUT2D eigenvalue weighted by Gasteiger charge is 2.16. The van der Waals surface area contributed by atoms with E-state index in [0.717, 1.165) is 37.7 Å². The molecule has 90 valence electrons. The average Bonchev–Trinajstić information content (AvgIpc) is 2.96. The molecule has 0 radical (unpaired) electrons. The topological polar surface area (TPSA) is 62.7 Å². The third kappa shape index (κ3) is 3.68. The van der Waals surface area contributed by atoms with Crippen LogP contribution in [0.4, 0.5) is 0 Å². The van der Waals surface area contributed by atoms with Gasteiger partial charge in [0.2, 0.25) is 5.91 Å². The number of hydrogen-bond acceptors (Lipinski definition) is 5. The molecule has 0 saturated carbocycles. The van der Waals surface area contributed by atoms with Crippen molar-refractivity contribution in [2.24, 2.45) is 4.99 Å². The van der Waals surface area contributed by atoms with Crippen LogP contribution in [0.5, 0.6) is 0 Å². The quantitative estimate of drug-likeness (QED) is 0.728. The minimum atomic E-state index is 0.0527. The molecule has 2 aliphatic heterocycles. The molecule has 0 unspecified atom stereocenters. The number of nitrogens with zero attached hydrogens (tertiary/aromatic N) is 1. The Morgan fingerprint density at radius 2 is 2.62 bits per heavy atom. The lowest BCUT2D eigenvalue weighted by Crippen LogP contribution is -2.33. The zero-order valence-electron chi connectivity index (χ0n) is 9.20. The first-order chi connectivity index (χ1) is 7.84. The van der Waals surface area contributed by atoms with Gasteiger partial charge in [0, 0.05) is 19.7 Å². The Bertz CT molecular complexity index is 277. The minimum absolute atomic E-state index is 0.0527. The van der Waals surface area contributed by atoms with Crippen LogP contribution in [0.25, 0.3) is 0 Å². The van der Waals surface area contributed by atoms with Crippen molar-refractivity contribution in [1.29, 1.82) is 0 Å². The van der Waals surface area contributed by atoms with Crippen molar-refractivity contribution in [2.45, 2.75) is 18.9 Å². The van der Waals surface area contributed by atoms with Crippen molar-refractivity contribution in [1.82, 2.24) is 10.6 Å². The van der Waals surface area contributed by atoms with Gasteiger partial charge in [-0.15, -0.1) is 0 Å². The van der Waals surface area contributed by atoms with Crippen LogP contribution in [0.3, 0.4) is 0 Å². The molecule has 0 aromatic rings. The van der Waals surface area contributed by atoms with Gasteiger partial charge in [-0.2, -0.15) is 0 Å². The van der Waals surface area contributed by atoms with Gasteiger partial charge in [0.05, 0.1) is 18.4 Å². The first-order valence-corrected chi connectivity index (χ1v) is 6.62. The number of amides is 1. The van der Waals surface area contributed by atoms with Crippen molar-refractivity contribution in [3.05, 3.63) is 0 Å². The van der Waals surface area contributed by atoms with Gasteiger partial charge in [-0.05, 0) is 12.8 Å². The molecule has 0 bridgehead atoms. The highest BCUT2D eigenvalue weighted by atomic mass is 32.2. The SMILES string of the molecule is O=C(CSC1=NCCN1)NC[C@@H]1CCCO1. The number of carbonyl (C=O) groups excluding carboxylic acids is 1. The molecular formula is C10H17N3O2S. The molecule has 1 fully saturated rings. The third-order valence-electron chi connectivity index (χ3n) is 2.53. The molecule has 1 amide bonds. The summed E-state index contributed by atoms with van der Waals surface area (Å²) in [6.07, 6.45) is 2.38. The van der Waals surface area contributed by atoms with Crippen molar-refractivity contribution < 1.29 is 9.53 Å². The van der Waals surface area contributed by atoms with Gasteiger partial charge in [0.25, 0.3) is 0 Å². The molecule has 0 aromatic heterocycles. The third-order valence-corrected chi connectivity index (χ3v) is 3.49. The Labute approximate surface area is 99.4 Å². The maximum Gasteiger partial charge on any atom is 0.230 e. The summed E-state index contributed by atoms with van der Waals surface area (Å²) in [6.45, 7) is 3.18. The summed E-state index contributed by atoms with van der Waals surface area (Å²) in [6, 6.07) is 0. The molecule has 0 aliphatic carbocycles. The molecule has 16 heavy (non-hydrogen) atoms. The highest BCUT2D eigenvalue weighted by Crippen LogP contribution is 2.10. The van der Waals surface area contributed by atoms with E-state index in [1.165, 1.54) is 11.8 Å². The van der Waals surface area contributed by atoms with Crippen LogP contribution in [0, 0.1) is 0 Å². The summed E-state index contributed by atoms with van der Waals surface area (Å²) in [5.41, 5.74) is 0. The maximum absolute atomic E-state index is 11.5. The van der Waals surface area contributed by atoms with Crippen molar-refractivity contribution in [3.8, 4) is 0 Å². The van der Waals surface area contributed by atoms with Gasteiger partial charge < -0.3 is 15.4 Å². The average molecular weight is 243 g/mol. The van der Waals surface area contributed by atoms with Crippen LogP contribution in [0.15, 0.2) is 4.99 Å². The van der Waals surface area contributed by atoms with Crippen molar-refractivity contribution in [2.75, 3.05) is 32.0 Å². The number of rotatable bonds is 4. The summed E-state index contributed by atoms with van der Waals surface area (Å²) in [7, 11) is 0. The first kappa shape index (κ1) is 11.7. The van der Waals surface area contributed by atoms with Crippen LogP contribution in [-0.4, -0.2) is 49.2 Å². The Morgan fingerprint density at radius 1 is 1.69 bits per heavy atom. The summed E-state index contributed by atoms with van der Waals surface area (Å²) in [5, 5.41) is 6.88. The lowest BCUT2D eigenvalue weighted by molar-refractivity contribution is -0.119. The van der Waals surface area contributed by atoms with E-state index < -0.39 is 0 Å². The number of thioether (sulfide) groups is 1. The van der Waals surface area contributed by atoms with Gasteiger partial charge in [0.1, 0.15) is 0 Å². The Morgan fingerprint density at radius 3 is 3.31 bits per heavy atom. The van der Waals surface area contributed by atoms with Crippen LogP contribution in [0.1, 0.15) is 12.8 Å². The van der Waals surface area contributed by atoms with E-state index in [2.05, 4.69) is 15.6 Å². The van der Waals surface area contributed by atoms with Gasteiger partial charge in [-0.3, -0.25) is 9.79 Å². The second kappa shape index (κ2) is 6.10. The fraction of sp³-hybridized carbons (Fsp3) is 0.800. The fourth-order valence-corrected chi connectivity index (χ4v) is 2.45. The Hall–Kier alpha value is -0.750. The first-order valence-electron chi connectivity index (χ1n) is 5.64. The second-order valence-corrected chi connectivity index (χ2v) is 4.81. The zero-order chi connectivity index (χ0) is 11.2. The van der Waals surface area contributed by atoms with E-state index in [1.807, 2.05) is 0 Å². The molecule has 2 rings (SSSR count). The molecule has 2 aliphatic rings. The molecule has 6 heteroatoms. The number of aliphatic imine (C=N–C) groups is 1. The summed E-state index contributed by atoms with van der Waals surface area (Å²) < 4.78 is 5.42. The molecule has 0 aromatic carbocycles. The smallest absolute Gasteiger partial charge is 0.230 e. The van der Waals surface area contributed by atoms with E-state index in [9.17, 15) is 4.79 Å². The van der Waals surface area contributed by atoms with Crippen molar-refractivity contribution >= 4 is 22.8 Å². The molecule has 1 saturated heterocycles. The van der Waals surface area contributed by atoms with Crippen LogP contribution in [0.2, 0.25) is 0 Å². The molecule has 0 spiro atoms. The predicted molar refractivity (Wildman–Crippen MR) is 64.7 cm³/mol. The molecule has 1 atom stereocenters. The minimum Gasteiger partial charge on any atom is -0.376 e. The summed E-state index contributed by atoms with van der Waals surface area (Å²) in [5.74, 6) is 0.482. The monoisotopic (exact) mass is 243 g/mol. The van der Waals surface area contributed by atoms with Crippen LogP contribution >= 0.6 is 11.8 Å². The van der Waals surface area contributed by atoms with Gasteiger partial charge in [-0.25, -0.2) is 0 Å².